The molecule has 0 bridgehead atoms. The minimum Gasteiger partial charge on any atom is -0.382 e. The molecule has 1 saturated carbocycles. The smallest absolute Gasteiger partial charge is 0.382 e. The molecule has 3 aromatic rings. The molecular formula is C24H23ClF3N5O. The van der Waals surface area contributed by atoms with E-state index < -0.39 is 11.9 Å². The highest BCUT2D eigenvalue weighted by Crippen LogP contribution is 2.35. The van der Waals surface area contributed by atoms with Gasteiger partial charge < -0.3 is 15.2 Å². The van der Waals surface area contributed by atoms with Crippen molar-refractivity contribution in [3.05, 3.63) is 58.5 Å². The van der Waals surface area contributed by atoms with E-state index in [0.717, 1.165) is 11.8 Å². The predicted octanol–water partition coefficient (Wildman–Crippen LogP) is 5.20. The topological polar surface area (TPSA) is 82.7 Å². The summed E-state index contributed by atoms with van der Waals surface area (Å²) in [5.41, 5.74) is 0.874. The molecule has 0 spiro atoms. The standard InChI is InChI=1S/C24H23ClF3N5O/c1-33-17(7-8-18(33)13-29)11-23(34)31-16-5-3-15(4-6-16)30-21-12-22(24(26,27)28)32-20-9-2-14(25)10-19(20)21/h2,7-10,12,15-16H,3-6,11H2,1H3,(H,30,32)(H,31,34)/t15-,16+. The summed E-state index contributed by atoms with van der Waals surface area (Å²) in [7, 11) is 1.75. The predicted molar refractivity (Wildman–Crippen MR) is 123 cm³/mol. The quantitative estimate of drug-likeness (QED) is 0.516. The number of halogens is 4. The zero-order valence-electron chi connectivity index (χ0n) is 18.4. The van der Waals surface area contributed by atoms with Crippen molar-refractivity contribution in [2.75, 3.05) is 5.32 Å². The molecule has 0 aliphatic heterocycles. The molecule has 1 aliphatic carbocycles. The number of carbonyl (C=O) groups excluding carboxylic acids is 1. The van der Waals surface area contributed by atoms with Crippen LogP contribution in [-0.2, 0) is 24.4 Å². The van der Waals surface area contributed by atoms with Gasteiger partial charge in [0.25, 0.3) is 0 Å². The van der Waals surface area contributed by atoms with E-state index in [1.54, 1.807) is 29.8 Å². The molecule has 178 valence electrons. The largest absolute Gasteiger partial charge is 0.433 e. The Labute approximate surface area is 199 Å². The number of nitrogens with one attached hydrogen (secondary N) is 2. The van der Waals surface area contributed by atoms with Crippen molar-refractivity contribution in [3.63, 3.8) is 0 Å². The number of benzene rings is 1. The molecule has 4 rings (SSSR count). The fourth-order valence-electron chi connectivity index (χ4n) is 4.35. The van der Waals surface area contributed by atoms with E-state index in [0.29, 0.717) is 47.5 Å². The number of nitrogens with zero attached hydrogens (tertiary/aromatic N) is 3. The Morgan fingerprint density at radius 1 is 1.18 bits per heavy atom. The van der Waals surface area contributed by atoms with Crippen molar-refractivity contribution >= 4 is 34.1 Å². The van der Waals surface area contributed by atoms with Gasteiger partial charge in [0, 0.05) is 40.9 Å². The number of aromatic nitrogens is 2. The number of nitriles is 1. The van der Waals surface area contributed by atoms with E-state index in [9.17, 15) is 18.0 Å². The van der Waals surface area contributed by atoms with Crippen molar-refractivity contribution in [2.24, 2.45) is 7.05 Å². The minimum absolute atomic E-state index is 0.00406. The number of pyridine rings is 1. The van der Waals surface area contributed by atoms with Crippen LogP contribution in [0.3, 0.4) is 0 Å². The monoisotopic (exact) mass is 489 g/mol. The number of anilines is 1. The van der Waals surface area contributed by atoms with E-state index in [1.807, 2.05) is 0 Å². The minimum atomic E-state index is -4.56. The first-order chi connectivity index (χ1) is 16.1. The van der Waals surface area contributed by atoms with Crippen LogP contribution in [0.5, 0.6) is 0 Å². The summed E-state index contributed by atoms with van der Waals surface area (Å²) < 4.78 is 41.8. The highest BCUT2D eigenvalue weighted by Gasteiger charge is 2.34. The van der Waals surface area contributed by atoms with Gasteiger partial charge in [-0.2, -0.15) is 18.4 Å². The summed E-state index contributed by atoms with van der Waals surface area (Å²) in [6.07, 6.45) is -1.58. The molecule has 6 nitrogen and oxygen atoms in total. The molecule has 10 heteroatoms. The lowest BCUT2D eigenvalue weighted by Gasteiger charge is -2.31. The fraction of sp³-hybridized carbons (Fsp3) is 0.375. The first-order valence-corrected chi connectivity index (χ1v) is 11.3. The molecule has 1 aromatic carbocycles. The molecule has 1 amide bonds. The van der Waals surface area contributed by atoms with Crippen LogP contribution in [0.1, 0.15) is 42.8 Å². The third-order valence-corrected chi connectivity index (χ3v) is 6.43. The summed E-state index contributed by atoms with van der Waals surface area (Å²) in [5, 5.41) is 16.3. The summed E-state index contributed by atoms with van der Waals surface area (Å²) in [6.45, 7) is 0. The summed E-state index contributed by atoms with van der Waals surface area (Å²) >= 11 is 6.07. The van der Waals surface area contributed by atoms with E-state index >= 15 is 0 Å². The van der Waals surface area contributed by atoms with Crippen LogP contribution in [0.4, 0.5) is 18.9 Å². The van der Waals surface area contributed by atoms with Crippen LogP contribution in [0.2, 0.25) is 5.02 Å². The van der Waals surface area contributed by atoms with Crippen LogP contribution in [0, 0.1) is 11.3 Å². The van der Waals surface area contributed by atoms with Crippen molar-refractivity contribution in [2.45, 2.75) is 50.4 Å². The molecule has 2 aromatic heterocycles. The van der Waals surface area contributed by atoms with Gasteiger partial charge in [-0.15, -0.1) is 0 Å². The summed E-state index contributed by atoms with van der Waals surface area (Å²) in [4.78, 5) is 16.2. The Morgan fingerprint density at radius 3 is 2.53 bits per heavy atom. The maximum Gasteiger partial charge on any atom is 0.433 e. The van der Waals surface area contributed by atoms with Gasteiger partial charge in [0.15, 0.2) is 0 Å². The molecule has 2 heterocycles. The third-order valence-electron chi connectivity index (χ3n) is 6.20. The average molecular weight is 490 g/mol. The van der Waals surface area contributed by atoms with Gasteiger partial charge in [0.05, 0.1) is 11.9 Å². The van der Waals surface area contributed by atoms with Gasteiger partial charge in [0.2, 0.25) is 5.91 Å². The first-order valence-electron chi connectivity index (χ1n) is 10.9. The summed E-state index contributed by atoms with van der Waals surface area (Å²) in [5.74, 6) is -0.119. The zero-order chi connectivity index (χ0) is 24.5. The average Bonchev–Trinajstić information content (AvgIpc) is 3.13. The molecule has 0 saturated heterocycles. The molecule has 1 fully saturated rings. The Balaban J connectivity index is 1.39. The van der Waals surface area contributed by atoms with Gasteiger partial charge in [-0.3, -0.25) is 4.79 Å². The number of rotatable bonds is 5. The van der Waals surface area contributed by atoms with Crippen molar-refractivity contribution in [1.29, 1.82) is 5.26 Å². The van der Waals surface area contributed by atoms with Crippen LogP contribution < -0.4 is 10.6 Å². The van der Waals surface area contributed by atoms with E-state index in [-0.39, 0.29) is 29.9 Å². The lowest BCUT2D eigenvalue weighted by Crippen LogP contribution is -2.41. The van der Waals surface area contributed by atoms with Crippen molar-refractivity contribution in [1.82, 2.24) is 14.9 Å². The second-order valence-corrected chi connectivity index (χ2v) is 8.97. The van der Waals surface area contributed by atoms with Gasteiger partial charge in [-0.25, -0.2) is 4.98 Å². The molecule has 0 radical (unpaired) electrons. The van der Waals surface area contributed by atoms with Crippen molar-refractivity contribution in [3.8, 4) is 6.07 Å². The second-order valence-electron chi connectivity index (χ2n) is 8.53. The van der Waals surface area contributed by atoms with Gasteiger partial charge in [-0.05, 0) is 62.1 Å². The normalized spacial score (nSPS) is 18.5. The zero-order valence-corrected chi connectivity index (χ0v) is 19.2. The van der Waals surface area contributed by atoms with E-state index in [4.69, 9.17) is 16.9 Å². The van der Waals surface area contributed by atoms with E-state index in [1.165, 1.54) is 12.1 Å². The Morgan fingerprint density at radius 2 is 1.88 bits per heavy atom. The Bertz CT molecular complexity index is 1260. The highest BCUT2D eigenvalue weighted by molar-refractivity contribution is 6.31. The van der Waals surface area contributed by atoms with Crippen molar-refractivity contribution < 1.29 is 18.0 Å². The van der Waals surface area contributed by atoms with Gasteiger partial charge in [0.1, 0.15) is 17.5 Å². The maximum absolute atomic E-state index is 13.4. The van der Waals surface area contributed by atoms with Crippen LogP contribution in [0.15, 0.2) is 36.4 Å². The van der Waals surface area contributed by atoms with Gasteiger partial charge in [-0.1, -0.05) is 11.6 Å². The summed E-state index contributed by atoms with van der Waals surface area (Å²) in [6, 6.07) is 11.1. The molecule has 2 N–H and O–H groups in total. The second kappa shape index (κ2) is 9.55. The fourth-order valence-corrected chi connectivity index (χ4v) is 4.52. The molecule has 0 unspecified atom stereocenters. The number of fused-ring (bicyclic) bond motifs is 1. The van der Waals surface area contributed by atoms with Gasteiger partial charge >= 0.3 is 6.18 Å². The Kier molecular flexibility index (Phi) is 6.71. The number of amides is 1. The first kappa shape index (κ1) is 23.9. The SMILES string of the molecule is Cn1c(C#N)ccc1CC(=O)N[C@H]1CC[C@@H](Nc2cc(C(F)(F)F)nc3ccc(Cl)cc23)CC1. The third kappa shape index (κ3) is 5.28. The highest BCUT2D eigenvalue weighted by atomic mass is 35.5. The molecular weight excluding hydrogens is 467 g/mol. The maximum atomic E-state index is 13.4. The number of alkyl halides is 3. The van der Waals surface area contributed by atoms with Crippen LogP contribution >= 0.6 is 11.6 Å². The van der Waals surface area contributed by atoms with Crippen LogP contribution in [0.25, 0.3) is 10.9 Å². The number of carbonyl (C=O) groups is 1. The number of hydrogen-bond donors (Lipinski definition) is 2. The number of hydrogen-bond acceptors (Lipinski definition) is 4. The van der Waals surface area contributed by atoms with E-state index in [2.05, 4.69) is 21.7 Å². The lowest BCUT2D eigenvalue weighted by atomic mass is 9.90. The molecule has 0 atom stereocenters. The molecule has 34 heavy (non-hydrogen) atoms. The lowest BCUT2D eigenvalue weighted by molar-refractivity contribution is -0.140. The Hall–Kier alpha value is -3.25. The van der Waals surface area contributed by atoms with Crippen LogP contribution in [-0.4, -0.2) is 27.5 Å². The molecule has 1 aliphatic rings.